The Morgan fingerprint density at radius 2 is 0.915 bits per heavy atom. The van der Waals surface area contributed by atoms with Crippen LogP contribution in [0.5, 0.6) is 0 Å². The molecule has 0 saturated carbocycles. The van der Waals surface area contributed by atoms with Crippen molar-refractivity contribution in [2.75, 3.05) is 0 Å². The topological polar surface area (TPSA) is 90.5 Å². The molecule has 0 aliphatic rings. The predicted octanol–water partition coefficient (Wildman–Crippen LogP) is 12.8. The van der Waals surface area contributed by atoms with Gasteiger partial charge in [-0.2, -0.15) is 0 Å². The maximum Gasteiger partial charge on any atom is 0.180 e. The molecule has 11 aromatic rings. The fourth-order valence-corrected chi connectivity index (χ4v) is 7.64. The van der Waals surface area contributed by atoms with Crippen LogP contribution < -0.4 is 0 Å². The number of para-hydroxylation sites is 1. The molecule has 0 atom stereocenters. The molecule has 0 fully saturated rings. The number of nitrogens with zero attached hydrogens (tertiary/aromatic N) is 6. The molecule has 6 aromatic carbocycles. The third-order valence-electron chi connectivity index (χ3n) is 10.7. The van der Waals surface area contributed by atoms with Crippen LogP contribution in [-0.4, -0.2) is 29.9 Å². The van der Waals surface area contributed by atoms with Crippen molar-refractivity contribution in [1.82, 2.24) is 29.9 Å². The standard InChI is InChI=1S/C52H32N6O/c1-3-12-33(13-4-1)38-26-28-43(53-31-38)45-30-46(44-29-27-39(32-54-44)34-14-5-2-6-15-34)56-51(55-45)37-24-22-36(23-25-37)48-50-49(42-19-9-10-21-47(42)59-50)58-52(57-48)41-20-11-17-35-16-7-8-18-40(35)41/h1-32H. The number of hydrogen-bond acceptors (Lipinski definition) is 7. The van der Waals surface area contributed by atoms with Crippen molar-refractivity contribution in [3.05, 3.63) is 194 Å². The Hall–Kier alpha value is -8.16. The monoisotopic (exact) mass is 756 g/mol. The molecule has 276 valence electrons. The van der Waals surface area contributed by atoms with Crippen LogP contribution >= 0.6 is 0 Å². The molecule has 7 nitrogen and oxygen atoms in total. The first-order valence-electron chi connectivity index (χ1n) is 19.4. The lowest BCUT2D eigenvalue weighted by Gasteiger charge is -2.11. The van der Waals surface area contributed by atoms with Gasteiger partial charge in [-0.3, -0.25) is 9.97 Å². The summed E-state index contributed by atoms with van der Waals surface area (Å²) in [6.07, 6.45) is 3.78. The van der Waals surface area contributed by atoms with Gasteiger partial charge in [-0.05, 0) is 52.2 Å². The van der Waals surface area contributed by atoms with Gasteiger partial charge in [-0.15, -0.1) is 0 Å². The number of benzene rings is 6. The normalized spacial score (nSPS) is 11.4. The third kappa shape index (κ3) is 6.37. The molecular weight excluding hydrogens is 725 g/mol. The zero-order valence-electron chi connectivity index (χ0n) is 31.6. The number of furan rings is 1. The van der Waals surface area contributed by atoms with Gasteiger partial charge in [0, 0.05) is 45.6 Å². The van der Waals surface area contributed by atoms with Crippen LogP contribution in [0, 0.1) is 0 Å². The molecule has 0 bridgehead atoms. The summed E-state index contributed by atoms with van der Waals surface area (Å²) >= 11 is 0. The lowest BCUT2D eigenvalue weighted by Crippen LogP contribution is -1.98. The Morgan fingerprint density at radius 1 is 0.356 bits per heavy atom. The Morgan fingerprint density at radius 3 is 1.56 bits per heavy atom. The number of rotatable bonds is 7. The van der Waals surface area contributed by atoms with Gasteiger partial charge in [0.15, 0.2) is 17.2 Å². The van der Waals surface area contributed by atoms with E-state index in [1.165, 1.54) is 0 Å². The van der Waals surface area contributed by atoms with Crippen molar-refractivity contribution in [3.8, 4) is 79.1 Å². The van der Waals surface area contributed by atoms with Gasteiger partial charge >= 0.3 is 0 Å². The highest BCUT2D eigenvalue weighted by atomic mass is 16.3. The van der Waals surface area contributed by atoms with Crippen molar-refractivity contribution < 1.29 is 4.42 Å². The second-order valence-corrected chi connectivity index (χ2v) is 14.3. The van der Waals surface area contributed by atoms with Crippen LogP contribution in [-0.2, 0) is 0 Å². The maximum absolute atomic E-state index is 6.47. The zero-order valence-corrected chi connectivity index (χ0v) is 31.6. The molecular formula is C52H32N6O. The van der Waals surface area contributed by atoms with E-state index in [2.05, 4.69) is 66.7 Å². The van der Waals surface area contributed by atoms with E-state index >= 15 is 0 Å². The van der Waals surface area contributed by atoms with Gasteiger partial charge in [-0.1, -0.05) is 152 Å². The fraction of sp³-hybridized carbons (Fsp3) is 0. The molecule has 0 aliphatic carbocycles. The molecule has 0 aliphatic heterocycles. The average Bonchev–Trinajstić information content (AvgIpc) is 3.70. The minimum atomic E-state index is 0.555. The van der Waals surface area contributed by atoms with Gasteiger partial charge < -0.3 is 4.42 Å². The quantitative estimate of drug-likeness (QED) is 0.160. The summed E-state index contributed by atoms with van der Waals surface area (Å²) in [5, 5.41) is 3.16. The smallest absolute Gasteiger partial charge is 0.180 e. The third-order valence-corrected chi connectivity index (χ3v) is 10.7. The Labute approximate surface area is 339 Å². The molecule has 11 rings (SSSR count). The highest BCUT2D eigenvalue weighted by Crippen LogP contribution is 2.38. The SMILES string of the molecule is c1ccc(-c2ccc(-c3cc(-c4ccc(-c5ccccc5)cn4)nc(-c4ccc(-c5nc(-c6cccc7ccccc67)nc6c5oc5ccccc56)cc4)n3)nc2)cc1. The molecule has 7 heteroatoms. The van der Waals surface area contributed by atoms with Crippen molar-refractivity contribution >= 4 is 32.8 Å². The van der Waals surface area contributed by atoms with Gasteiger partial charge in [0.1, 0.15) is 16.8 Å². The lowest BCUT2D eigenvalue weighted by molar-refractivity contribution is 0.667. The first-order chi connectivity index (χ1) is 29.2. The predicted molar refractivity (Wildman–Crippen MR) is 236 cm³/mol. The Balaban J connectivity index is 1.02. The molecule has 0 radical (unpaired) electrons. The average molecular weight is 757 g/mol. The highest BCUT2D eigenvalue weighted by molar-refractivity contribution is 6.08. The molecule has 0 N–H and O–H groups in total. The van der Waals surface area contributed by atoms with E-state index in [9.17, 15) is 0 Å². The molecule has 59 heavy (non-hydrogen) atoms. The van der Waals surface area contributed by atoms with Crippen LogP contribution in [0.3, 0.4) is 0 Å². The lowest BCUT2D eigenvalue weighted by atomic mass is 10.0. The van der Waals surface area contributed by atoms with Crippen LogP contribution in [0.1, 0.15) is 0 Å². The molecule has 5 heterocycles. The largest absolute Gasteiger partial charge is 0.452 e. The second kappa shape index (κ2) is 14.4. The summed E-state index contributed by atoms with van der Waals surface area (Å²) in [6, 6.07) is 61.3. The Bertz CT molecular complexity index is 3190. The number of pyridine rings is 2. The van der Waals surface area contributed by atoms with E-state index in [-0.39, 0.29) is 0 Å². The number of aromatic nitrogens is 6. The maximum atomic E-state index is 6.47. The molecule has 5 aromatic heterocycles. The molecule has 0 amide bonds. The molecule has 0 spiro atoms. The van der Waals surface area contributed by atoms with Crippen molar-refractivity contribution in [2.24, 2.45) is 0 Å². The summed E-state index contributed by atoms with van der Waals surface area (Å²) < 4.78 is 6.47. The van der Waals surface area contributed by atoms with Crippen LogP contribution in [0.4, 0.5) is 0 Å². The first-order valence-corrected chi connectivity index (χ1v) is 19.4. The summed E-state index contributed by atoms with van der Waals surface area (Å²) in [4.78, 5) is 30.2. The van der Waals surface area contributed by atoms with Crippen molar-refractivity contribution in [3.63, 3.8) is 0 Å². The molecule has 0 unspecified atom stereocenters. The van der Waals surface area contributed by atoms with E-state index in [0.29, 0.717) is 34.3 Å². The Kier molecular flexibility index (Phi) is 8.33. The number of hydrogen-bond donors (Lipinski definition) is 0. The van der Waals surface area contributed by atoms with Gasteiger partial charge in [0.2, 0.25) is 0 Å². The van der Waals surface area contributed by atoms with Crippen molar-refractivity contribution in [2.45, 2.75) is 0 Å². The van der Waals surface area contributed by atoms with Crippen LogP contribution in [0.2, 0.25) is 0 Å². The van der Waals surface area contributed by atoms with Gasteiger partial charge in [-0.25, -0.2) is 19.9 Å². The van der Waals surface area contributed by atoms with E-state index in [1.54, 1.807) is 0 Å². The minimum Gasteiger partial charge on any atom is -0.452 e. The van der Waals surface area contributed by atoms with Gasteiger partial charge in [0.05, 0.1) is 22.8 Å². The van der Waals surface area contributed by atoms with E-state index in [1.807, 2.05) is 128 Å². The van der Waals surface area contributed by atoms with E-state index in [0.717, 1.165) is 77.6 Å². The van der Waals surface area contributed by atoms with Crippen molar-refractivity contribution in [1.29, 1.82) is 0 Å². The molecule has 0 saturated heterocycles. The van der Waals surface area contributed by atoms with E-state index < -0.39 is 0 Å². The first kappa shape index (κ1) is 34.1. The van der Waals surface area contributed by atoms with Crippen LogP contribution in [0.15, 0.2) is 199 Å². The van der Waals surface area contributed by atoms with Crippen LogP contribution in [0.25, 0.3) is 112 Å². The van der Waals surface area contributed by atoms with Gasteiger partial charge in [0.25, 0.3) is 0 Å². The summed E-state index contributed by atoms with van der Waals surface area (Å²) in [5.74, 6) is 1.19. The number of fused-ring (bicyclic) bond motifs is 4. The highest BCUT2D eigenvalue weighted by Gasteiger charge is 2.20. The summed E-state index contributed by atoms with van der Waals surface area (Å²) in [6.45, 7) is 0. The zero-order chi connectivity index (χ0) is 39.1. The summed E-state index contributed by atoms with van der Waals surface area (Å²) in [7, 11) is 0. The van der Waals surface area contributed by atoms with E-state index in [4.69, 9.17) is 34.3 Å². The minimum absolute atomic E-state index is 0.555. The fourth-order valence-electron chi connectivity index (χ4n) is 7.64. The summed E-state index contributed by atoms with van der Waals surface area (Å²) in [5.41, 5.74) is 12.7. The second-order valence-electron chi connectivity index (χ2n) is 14.3.